The van der Waals surface area contributed by atoms with E-state index in [-0.39, 0.29) is 5.92 Å². The predicted octanol–water partition coefficient (Wildman–Crippen LogP) is 5.37. The molecule has 0 bridgehead atoms. The van der Waals surface area contributed by atoms with Crippen molar-refractivity contribution in [3.05, 3.63) is 59.7 Å². The fraction of sp³-hybridized carbons (Fsp3) is 0.476. The molecule has 2 rings (SSSR count). The minimum Gasteiger partial charge on any atom is -0.300 e. The van der Waals surface area contributed by atoms with Gasteiger partial charge in [0.1, 0.15) is 5.78 Å². The Kier molecular flexibility index (Phi) is 5.76. The minimum atomic E-state index is 0.125. The Morgan fingerprint density at radius 1 is 1.27 bits per heavy atom. The van der Waals surface area contributed by atoms with Crippen LogP contribution < -0.4 is 0 Å². The van der Waals surface area contributed by atoms with Gasteiger partial charge in [-0.15, -0.1) is 0 Å². The summed E-state index contributed by atoms with van der Waals surface area (Å²) in [7, 11) is 0. The molecule has 118 valence electrons. The maximum atomic E-state index is 12.1. The summed E-state index contributed by atoms with van der Waals surface area (Å²) < 4.78 is 0. The second kappa shape index (κ2) is 7.58. The van der Waals surface area contributed by atoms with Gasteiger partial charge in [0, 0.05) is 5.92 Å². The number of hydrogen-bond acceptors (Lipinski definition) is 1. The molecule has 3 atom stereocenters. The lowest BCUT2D eigenvalue weighted by Crippen LogP contribution is -2.23. The average Bonchev–Trinajstić information content (AvgIpc) is 2.49. The third-order valence-corrected chi connectivity index (χ3v) is 5.10. The van der Waals surface area contributed by atoms with Crippen molar-refractivity contribution in [3.63, 3.8) is 0 Å². The number of carbonyl (C=O) groups excluding carboxylic acids is 1. The van der Waals surface area contributed by atoms with Crippen molar-refractivity contribution < 1.29 is 4.79 Å². The monoisotopic (exact) mass is 296 g/mol. The summed E-state index contributed by atoms with van der Waals surface area (Å²) in [4.78, 5) is 12.1. The molecule has 22 heavy (non-hydrogen) atoms. The van der Waals surface area contributed by atoms with Crippen LogP contribution in [0.25, 0.3) is 0 Å². The fourth-order valence-electron chi connectivity index (χ4n) is 3.44. The standard InChI is InChI=1S/C21H28O/c1-15(2)19-11-10-16(3)20(13-19)14-21(17(4)22)12-18-8-6-5-7-9-18/h5-10,19-21H,1,11-14H2,2-4H3/t19-,20-,21?/m0/s1. The second-order valence-corrected chi connectivity index (χ2v) is 6.89. The summed E-state index contributed by atoms with van der Waals surface area (Å²) in [6.45, 7) is 10.2. The maximum Gasteiger partial charge on any atom is 0.133 e. The predicted molar refractivity (Wildman–Crippen MR) is 93.7 cm³/mol. The summed E-state index contributed by atoms with van der Waals surface area (Å²) in [5, 5.41) is 0. The van der Waals surface area contributed by atoms with Crippen molar-refractivity contribution >= 4 is 5.78 Å². The third-order valence-electron chi connectivity index (χ3n) is 5.10. The normalized spacial score (nSPS) is 22.8. The number of rotatable bonds is 6. The van der Waals surface area contributed by atoms with Crippen molar-refractivity contribution in [2.45, 2.75) is 46.5 Å². The van der Waals surface area contributed by atoms with E-state index in [1.165, 1.54) is 16.7 Å². The van der Waals surface area contributed by atoms with Gasteiger partial charge in [-0.05, 0) is 63.9 Å². The molecule has 1 aromatic carbocycles. The van der Waals surface area contributed by atoms with Crippen LogP contribution in [0.4, 0.5) is 0 Å². The highest BCUT2D eigenvalue weighted by molar-refractivity contribution is 5.78. The summed E-state index contributed by atoms with van der Waals surface area (Å²) >= 11 is 0. The van der Waals surface area contributed by atoms with Crippen LogP contribution in [0.5, 0.6) is 0 Å². The SMILES string of the molecule is C=C(C)[C@H]1CC=C(C)[C@H](CC(Cc2ccccc2)C(C)=O)C1. The molecule has 0 amide bonds. The van der Waals surface area contributed by atoms with Gasteiger partial charge in [0.25, 0.3) is 0 Å². The Labute approximate surface area is 135 Å². The first-order valence-corrected chi connectivity index (χ1v) is 8.33. The van der Waals surface area contributed by atoms with Gasteiger partial charge >= 0.3 is 0 Å². The summed E-state index contributed by atoms with van der Waals surface area (Å²) in [6, 6.07) is 10.4. The molecular formula is C21H28O. The molecule has 0 aliphatic heterocycles. The van der Waals surface area contributed by atoms with Crippen molar-refractivity contribution in [1.29, 1.82) is 0 Å². The maximum absolute atomic E-state index is 12.1. The molecule has 0 aromatic heterocycles. The lowest BCUT2D eigenvalue weighted by atomic mass is 9.74. The number of allylic oxidation sites excluding steroid dienone is 3. The Morgan fingerprint density at radius 3 is 2.55 bits per heavy atom. The lowest BCUT2D eigenvalue weighted by molar-refractivity contribution is -0.121. The Bertz CT molecular complexity index is 553. The molecule has 1 aliphatic carbocycles. The summed E-state index contributed by atoms with van der Waals surface area (Å²) in [6.07, 6.45) is 6.44. The molecule has 1 unspecified atom stereocenters. The van der Waals surface area contributed by atoms with Gasteiger partial charge in [-0.3, -0.25) is 4.79 Å². The Morgan fingerprint density at radius 2 is 1.95 bits per heavy atom. The van der Waals surface area contributed by atoms with Crippen LogP contribution in [0.2, 0.25) is 0 Å². The quantitative estimate of drug-likeness (QED) is 0.645. The van der Waals surface area contributed by atoms with Gasteiger partial charge in [-0.1, -0.05) is 54.1 Å². The van der Waals surface area contributed by atoms with Crippen LogP contribution in [0.1, 0.15) is 45.6 Å². The lowest BCUT2D eigenvalue weighted by Gasteiger charge is -2.31. The highest BCUT2D eigenvalue weighted by atomic mass is 16.1. The average molecular weight is 296 g/mol. The zero-order valence-electron chi connectivity index (χ0n) is 14.1. The number of ketones is 1. The highest BCUT2D eigenvalue weighted by Gasteiger charge is 2.27. The van der Waals surface area contributed by atoms with Gasteiger partial charge in [-0.2, -0.15) is 0 Å². The van der Waals surface area contributed by atoms with Gasteiger partial charge in [0.15, 0.2) is 0 Å². The van der Waals surface area contributed by atoms with Crippen LogP contribution in [0.15, 0.2) is 54.1 Å². The van der Waals surface area contributed by atoms with E-state index >= 15 is 0 Å². The van der Waals surface area contributed by atoms with Gasteiger partial charge in [0.2, 0.25) is 0 Å². The zero-order chi connectivity index (χ0) is 16.1. The fourth-order valence-corrected chi connectivity index (χ4v) is 3.44. The first-order valence-electron chi connectivity index (χ1n) is 8.33. The molecule has 0 N–H and O–H groups in total. The number of Topliss-reactive ketones (excluding diaryl/α,β-unsaturated/α-hetero) is 1. The van der Waals surface area contributed by atoms with Crippen molar-refractivity contribution in [3.8, 4) is 0 Å². The molecule has 0 radical (unpaired) electrons. The molecule has 0 spiro atoms. The first-order chi connectivity index (χ1) is 10.5. The molecule has 1 aromatic rings. The topological polar surface area (TPSA) is 17.1 Å². The summed E-state index contributed by atoms with van der Waals surface area (Å²) in [5.41, 5.74) is 3.99. The largest absolute Gasteiger partial charge is 0.300 e. The van der Waals surface area contributed by atoms with Crippen LogP contribution in [0, 0.1) is 17.8 Å². The number of benzene rings is 1. The van der Waals surface area contributed by atoms with Crippen LogP contribution in [-0.4, -0.2) is 5.78 Å². The molecule has 0 heterocycles. The van der Waals surface area contributed by atoms with E-state index in [0.717, 1.165) is 25.7 Å². The van der Waals surface area contributed by atoms with Gasteiger partial charge in [0.05, 0.1) is 0 Å². The molecule has 1 heteroatoms. The van der Waals surface area contributed by atoms with E-state index in [1.807, 2.05) is 6.07 Å². The number of hydrogen-bond donors (Lipinski definition) is 0. The molecule has 0 saturated heterocycles. The molecule has 0 saturated carbocycles. The van der Waals surface area contributed by atoms with E-state index < -0.39 is 0 Å². The summed E-state index contributed by atoms with van der Waals surface area (Å²) in [5.74, 6) is 1.54. The van der Waals surface area contributed by atoms with Gasteiger partial charge in [-0.25, -0.2) is 0 Å². The number of carbonyl (C=O) groups is 1. The van der Waals surface area contributed by atoms with Crippen LogP contribution >= 0.6 is 0 Å². The van der Waals surface area contributed by atoms with E-state index in [4.69, 9.17) is 0 Å². The Hall–Kier alpha value is -1.63. The molecule has 0 fully saturated rings. The van der Waals surface area contributed by atoms with Crippen molar-refractivity contribution in [2.75, 3.05) is 0 Å². The van der Waals surface area contributed by atoms with E-state index in [0.29, 0.717) is 17.6 Å². The molecule has 1 nitrogen and oxygen atoms in total. The Balaban J connectivity index is 2.07. The second-order valence-electron chi connectivity index (χ2n) is 6.89. The van der Waals surface area contributed by atoms with Crippen LogP contribution in [-0.2, 0) is 11.2 Å². The van der Waals surface area contributed by atoms with E-state index in [2.05, 4.69) is 50.8 Å². The van der Waals surface area contributed by atoms with E-state index in [9.17, 15) is 4.79 Å². The zero-order valence-corrected chi connectivity index (χ0v) is 14.1. The van der Waals surface area contributed by atoms with Gasteiger partial charge < -0.3 is 0 Å². The van der Waals surface area contributed by atoms with Crippen molar-refractivity contribution in [2.24, 2.45) is 17.8 Å². The molecular weight excluding hydrogens is 268 g/mol. The van der Waals surface area contributed by atoms with Crippen molar-refractivity contribution in [1.82, 2.24) is 0 Å². The third kappa shape index (κ3) is 4.43. The minimum absolute atomic E-state index is 0.125. The highest BCUT2D eigenvalue weighted by Crippen LogP contribution is 2.36. The first kappa shape index (κ1) is 16.7. The van der Waals surface area contributed by atoms with E-state index in [1.54, 1.807) is 6.92 Å². The molecule has 1 aliphatic rings. The smallest absolute Gasteiger partial charge is 0.133 e. The van der Waals surface area contributed by atoms with Crippen LogP contribution in [0.3, 0.4) is 0 Å².